The molecule has 7 heteroatoms. The summed E-state index contributed by atoms with van der Waals surface area (Å²) in [7, 11) is 0. The molecular formula is C26H32N2O5. The third-order valence-electron chi connectivity index (χ3n) is 5.35. The average molecular weight is 453 g/mol. The highest BCUT2D eigenvalue weighted by Crippen LogP contribution is 2.32. The van der Waals surface area contributed by atoms with Gasteiger partial charge in [0.05, 0.1) is 23.7 Å². The molecule has 1 unspecified atom stereocenters. The van der Waals surface area contributed by atoms with Crippen LogP contribution in [-0.4, -0.2) is 46.1 Å². The van der Waals surface area contributed by atoms with Crippen molar-refractivity contribution < 1.29 is 24.2 Å². The number of nitrogens with zero attached hydrogens (tertiary/aromatic N) is 1. The Bertz CT molecular complexity index is 1040. The standard InChI is InChI=1S/C26H32N2O5/c1-25(2,3)20-14-16(11-12-21(20)29)13-17(27-24(32)33-26(4,5)6)15-28-22(30)18-9-7-8-10-19(18)23(28)31/h7-12,14,17,29H,13,15H2,1-6H3,(H,27,32). The number of carbonyl (C=O) groups excluding carboxylic acids is 3. The Balaban J connectivity index is 1.87. The summed E-state index contributed by atoms with van der Waals surface area (Å²) >= 11 is 0. The molecule has 0 radical (unpaired) electrons. The van der Waals surface area contributed by atoms with Gasteiger partial charge in [-0.15, -0.1) is 0 Å². The Labute approximate surface area is 194 Å². The fourth-order valence-corrected chi connectivity index (χ4v) is 3.86. The third kappa shape index (κ3) is 5.72. The monoisotopic (exact) mass is 452 g/mol. The Hall–Kier alpha value is -3.35. The third-order valence-corrected chi connectivity index (χ3v) is 5.35. The van der Waals surface area contributed by atoms with Crippen molar-refractivity contribution in [3.63, 3.8) is 0 Å². The molecule has 7 nitrogen and oxygen atoms in total. The Morgan fingerprint density at radius 1 is 1.00 bits per heavy atom. The largest absolute Gasteiger partial charge is 0.508 e. The second kappa shape index (κ2) is 8.89. The minimum Gasteiger partial charge on any atom is -0.508 e. The second-order valence-electron chi connectivity index (χ2n) is 10.4. The Morgan fingerprint density at radius 2 is 1.58 bits per heavy atom. The Kier molecular flexibility index (Phi) is 6.54. The maximum Gasteiger partial charge on any atom is 0.407 e. The van der Waals surface area contributed by atoms with E-state index in [1.165, 1.54) is 0 Å². The number of hydrogen-bond acceptors (Lipinski definition) is 5. The van der Waals surface area contributed by atoms with Gasteiger partial charge in [0.15, 0.2) is 0 Å². The molecule has 1 aliphatic rings. The summed E-state index contributed by atoms with van der Waals surface area (Å²) in [5.74, 6) is -0.566. The summed E-state index contributed by atoms with van der Waals surface area (Å²) in [4.78, 5) is 39.4. The summed E-state index contributed by atoms with van der Waals surface area (Å²) < 4.78 is 5.40. The van der Waals surface area contributed by atoms with Crippen LogP contribution in [0, 0.1) is 0 Å². The first-order valence-corrected chi connectivity index (χ1v) is 11.0. The van der Waals surface area contributed by atoms with Gasteiger partial charge in [-0.25, -0.2) is 4.79 Å². The zero-order valence-corrected chi connectivity index (χ0v) is 20.1. The minimum atomic E-state index is -0.692. The highest BCUT2D eigenvalue weighted by Gasteiger charge is 2.37. The molecule has 33 heavy (non-hydrogen) atoms. The molecule has 0 saturated heterocycles. The van der Waals surface area contributed by atoms with E-state index in [-0.39, 0.29) is 29.5 Å². The first-order chi connectivity index (χ1) is 15.3. The summed E-state index contributed by atoms with van der Waals surface area (Å²) in [5, 5.41) is 13.1. The summed E-state index contributed by atoms with van der Waals surface area (Å²) in [5.41, 5.74) is 1.38. The smallest absolute Gasteiger partial charge is 0.407 e. The first kappa shape index (κ1) is 24.3. The number of alkyl carbamates (subject to hydrolysis) is 1. The van der Waals surface area contributed by atoms with Crippen molar-refractivity contribution in [3.05, 3.63) is 64.7 Å². The SMILES string of the molecule is CC(C)(C)OC(=O)NC(Cc1ccc(O)c(C(C)(C)C)c1)CN1C(=O)c2ccccc2C1=O. The van der Waals surface area contributed by atoms with Crippen molar-refractivity contribution in [2.75, 3.05) is 6.54 Å². The lowest BCUT2D eigenvalue weighted by molar-refractivity contribution is 0.0468. The molecule has 3 rings (SSSR count). The molecule has 2 N–H and O–H groups in total. The highest BCUT2D eigenvalue weighted by molar-refractivity contribution is 6.21. The van der Waals surface area contributed by atoms with Gasteiger partial charge >= 0.3 is 6.09 Å². The zero-order valence-electron chi connectivity index (χ0n) is 20.1. The lowest BCUT2D eigenvalue weighted by Crippen LogP contribution is -2.48. The Morgan fingerprint density at radius 3 is 2.09 bits per heavy atom. The summed E-state index contributed by atoms with van der Waals surface area (Å²) in [6.45, 7) is 11.3. The van der Waals surface area contributed by atoms with Crippen LogP contribution in [0.5, 0.6) is 5.75 Å². The first-order valence-electron chi connectivity index (χ1n) is 11.0. The van der Waals surface area contributed by atoms with Gasteiger partial charge in [0.1, 0.15) is 11.4 Å². The number of benzene rings is 2. The van der Waals surface area contributed by atoms with E-state index in [0.717, 1.165) is 16.0 Å². The molecule has 3 amide bonds. The van der Waals surface area contributed by atoms with Gasteiger partial charge in [-0.1, -0.05) is 45.0 Å². The van der Waals surface area contributed by atoms with Crippen molar-refractivity contribution >= 4 is 17.9 Å². The van der Waals surface area contributed by atoms with Crippen molar-refractivity contribution in [3.8, 4) is 5.75 Å². The molecule has 0 aliphatic carbocycles. The molecule has 0 saturated carbocycles. The minimum absolute atomic E-state index is 0.00266. The molecule has 0 aromatic heterocycles. The fraction of sp³-hybridized carbons (Fsp3) is 0.423. The molecule has 1 atom stereocenters. The van der Waals surface area contributed by atoms with Gasteiger partial charge in [0, 0.05) is 0 Å². The number of phenols is 1. The van der Waals surface area contributed by atoms with Crippen LogP contribution in [0.2, 0.25) is 0 Å². The second-order valence-corrected chi connectivity index (χ2v) is 10.4. The fourth-order valence-electron chi connectivity index (χ4n) is 3.86. The lowest BCUT2D eigenvalue weighted by Gasteiger charge is -2.27. The van der Waals surface area contributed by atoms with Crippen LogP contribution in [0.15, 0.2) is 42.5 Å². The predicted octanol–water partition coefficient (Wildman–Crippen LogP) is 4.42. The number of ether oxygens (including phenoxy) is 1. The summed E-state index contributed by atoms with van der Waals surface area (Å²) in [6, 6.07) is 11.4. The van der Waals surface area contributed by atoms with E-state index in [4.69, 9.17) is 4.74 Å². The number of nitrogens with one attached hydrogen (secondary N) is 1. The van der Waals surface area contributed by atoms with E-state index in [9.17, 15) is 19.5 Å². The van der Waals surface area contributed by atoms with Gasteiger partial charge in [-0.2, -0.15) is 0 Å². The van der Waals surface area contributed by atoms with E-state index in [2.05, 4.69) is 5.32 Å². The molecule has 0 bridgehead atoms. The van der Waals surface area contributed by atoms with E-state index in [0.29, 0.717) is 17.5 Å². The topological polar surface area (TPSA) is 95.9 Å². The maximum atomic E-state index is 12.9. The number of aromatic hydroxyl groups is 1. The normalized spacial score (nSPS) is 14.8. The van der Waals surface area contributed by atoms with Gasteiger partial charge < -0.3 is 15.2 Å². The van der Waals surface area contributed by atoms with E-state index in [1.54, 1.807) is 57.2 Å². The molecule has 0 spiro atoms. The predicted molar refractivity (Wildman–Crippen MR) is 125 cm³/mol. The van der Waals surface area contributed by atoms with Gasteiger partial charge in [0.2, 0.25) is 0 Å². The molecule has 1 aliphatic heterocycles. The number of carbonyl (C=O) groups is 3. The lowest BCUT2D eigenvalue weighted by atomic mass is 9.85. The van der Waals surface area contributed by atoms with Crippen molar-refractivity contribution in [1.29, 1.82) is 0 Å². The highest BCUT2D eigenvalue weighted by atomic mass is 16.6. The maximum absolute atomic E-state index is 12.9. The molecule has 176 valence electrons. The van der Waals surface area contributed by atoms with E-state index >= 15 is 0 Å². The van der Waals surface area contributed by atoms with Crippen molar-refractivity contribution in [2.24, 2.45) is 0 Å². The van der Waals surface area contributed by atoms with Gasteiger partial charge in [-0.05, 0) is 61.9 Å². The van der Waals surface area contributed by atoms with Crippen LogP contribution >= 0.6 is 0 Å². The number of fused-ring (bicyclic) bond motifs is 1. The van der Waals surface area contributed by atoms with E-state index < -0.39 is 17.7 Å². The molecular weight excluding hydrogens is 420 g/mol. The van der Waals surface area contributed by atoms with Crippen LogP contribution in [0.4, 0.5) is 4.79 Å². The number of amides is 3. The van der Waals surface area contributed by atoms with Crippen LogP contribution in [0.25, 0.3) is 0 Å². The molecule has 0 fully saturated rings. The van der Waals surface area contributed by atoms with Crippen molar-refractivity contribution in [1.82, 2.24) is 10.2 Å². The summed E-state index contributed by atoms with van der Waals surface area (Å²) in [6.07, 6.45) is -0.283. The van der Waals surface area contributed by atoms with Crippen LogP contribution in [-0.2, 0) is 16.6 Å². The van der Waals surface area contributed by atoms with Crippen LogP contribution < -0.4 is 5.32 Å². The number of rotatable bonds is 5. The number of hydrogen-bond donors (Lipinski definition) is 2. The average Bonchev–Trinajstić information content (AvgIpc) is 2.92. The van der Waals surface area contributed by atoms with Crippen LogP contribution in [0.3, 0.4) is 0 Å². The van der Waals surface area contributed by atoms with Crippen molar-refractivity contribution in [2.45, 2.75) is 65.0 Å². The van der Waals surface area contributed by atoms with Gasteiger partial charge in [-0.3, -0.25) is 14.5 Å². The molecule has 2 aromatic carbocycles. The zero-order chi connectivity index (χ0) is 24.6. The quantitative estimate of drug-likeness (QED) is 0.655. The number of phenolic OH excluding ortho intramolecular Hbond substituents is 1. The van der Waals surface area contributed by atoms with Gasteiger partial charge in [0.25, 0.3) is 11.8 Å². The molecule has 2 aromatic rings. The molecule has 1 heterocycles. The van der Waals surface area contributed by atoms with E-state index in [1.807, 2.05) is 26.8 Å². The number of imide groups is 1. The van der Waals surface area contributed by atoms with Crippen LogP contribution in [0.1, 0.15) is 73.4 Å².